The molecule has 0 atom stereocenters. The predicted octanol–water partition coefficient (Wildman–Crippen LogP) is 12.6. The Kier molecular flexibility index (Phi) is 12.8. The third-order valence-electron chi connectivity index (χ3n) is 9.52. The first-order valence-corrected chi connectivity index (χ1v) is 23.2. The van der Waals surface area contributed by atoms with E-state index < -0.39 is 56.5 Å². The Morgan fingerprint density at radius 2 is 0.954 bits per heavy atom. The minimum Gasteiger partial charge on any atom is -0.505 e. The maximum Gasteiger partial charge on any atom is 0.296 e. The number of phenolic OH excluding ortho intramolecular Hbond substituents is 1. The number of hydrogen-bond donors (Lipinski definition) is 5. The highest BCUT2D eigenvalue weighted by molar-refractivity contribution is 7.87. The molecule has 7 aromatic rings. The molecule has 0 aliphatic carbocycles. The van der Waals surface area contributed by atoms with Crippen molar-refractivity contribution in [3.8, 4) is 5.75 Å². The quantitative estimate of drug-likeness (QED) is 0.0535. The average Bonchev–Trinajstić information content (AvgIpc) is 3.25. The number of nitrogens with one attached hydrogen (secondary N) is 1. The molecule has 19 nitrogen and oxygen atoms in total. The van der Waals surface area contributed by atoms with Crippen LogP contribution in [0.1, 0.15) is 16.7 Å². The molecule has 0 spiro atoms. The number of nitrogens with zero attached hydrogens (tertiary/aromatic N) is 8. The van der Waals surface area contributed by atoms with Crippen LogP contribution < -0.4 is 5.32 Å². The van der Waals surface area contributed by atoms with Gasteiger partial charge in [-0.3, -0.25) is 13.7 Å². The normalized spacial score (nSPS) is 12.6. The van der Waals surface area contributed by atoms with Crippen molar-refractivity contribution >= 4 is 98.0 Å². The molecule has 330 valence electrons. The largest absolute Gasteiger partial charge is 0.505 e. The summed E-state index contributed by atoms with van der Waals surface area (Å²) in [6, 6.07) is 32.7. The lowest BCUT2D eigenvalue weighted by Gasteiger charge is -2.12. The molecule has 0 saturated heterocycles. The van der Waals surface area contributed by atoms with Crippen LogP contribution in [0.4, 0.5) is 56.9 Å². The monoisotopic (exact) mass is 933 g/mol. The minimum absolute atomic E-state index is 0.266. The molecular weight excluding hydrogens is 899 g/mol. The van der Waals surface area contributed by atoms with Crippen LogP contribution in [0.5, 0.6) is 5.75 Å². The number of rotatable bonds is 13. The standard InChI is InChI=1S/C43H35N9O10S3/c1-25-19-33(14-17-36(25)48-45-30-9-11-31(12-10-30)46-49-37-18-15-34(63(54,55)56)24-40(37)64(57,58)59)47-50-38-20-27(3)39(21-26(38)2)51-52-42-41(65(60,61)62)23-28-22-32(13-16-35(28)43(42)53)44-29-7-5-4-6-8-29/h4-24,44,53H,1-3H3,(H,54,55,56)(H,57,58,59)(H,60,61,62). The van der Waals surface area contributed by atoms with E-state index in [9.17, 15) is 44.0 Å². The van der Waals surface area contributed by atoms with Crippen LogP contribution in [-0.2, 0) is 30.4 Å². The zero-order chi connectivity index (χ0) is 46.7. The highest BCUT2D eigenvalue weighted by atomic mass is 32.2. The first-order chi connectivity index (χ1) is 30.7. The first kappa shape index (κ1) is 45.6. The second-order valence-corrected chi connectivity index (χ2v) is 18.5. The molecule has 65 heavy (non-hydrogen) atoms. The van der Waals surface area contributed by atoms with E-state index in [0.29, 0.717) is 62.1 Å². The van der Waals surface area contributed by atoms with Crippen molar-refractivity contribution in [2.45, 2.75) is 35.5 Å². The Labute approximate surface area is 372 Å². The number of aromatic hydroxyl groups is 1. The van der Waals surface area contributed by atoms with E-state index in [4.69, 9.17) is 0 Å². The smallest absolute Gasteiger partial charge is 0.296 e. The van der Waals surface area contributed by atoms with Crippen LogP contribution in [0.3, 0.4) is 0 Å². The summed E-state index contributed by atoms with van der Waals surface area (Å²) in [7, 11) is -14.5. The summed E-state index contributed by atoms with van der Waals surface area (Å²) >= 11 is 0. The average molecular weight is 934 g/mol. The van der Waals surface area contributed by atoms with Crippen LogP contribution in [0, 0.1) is 20.8 Å². The maximum atomic E-state index is 12.5. The fourth-order valence-electron chi connectivity index (χ4n) is 6.19. The van der Waals surface area contributed by atoms with Gasteiger partial charge < -0.3 is 10.4 Å². The lowest BCUT2D eigenvalue weighted by atomic mass is 10.1. The van der Waals surface area contributed by atoms with E-state index in [1.54, 1.807) is 74.5 Å². The van der Waals surface area contributed by atoms with Gasteiger partial charge in [-0.25, -0.2) is 0 Å². The van der Waals surface area contributed by atoms with Crippen LogP contribution in [0.2, 0.25) is 0 Å². The molecule has 0 fully saturated rings. The molecule has 0 radical (unpaired) electrons. The van der Waals surface area contributed by atoms with E-state index in [-0.39, 0.29) is 11.4 Å². The summed E-state index contributed by atoms with van der Waals surface area (Å²) in [5.41, 5.74) is 5.30. The Morgan fingerprint density at radius 1 is 0.431 bits per heavy atom. The van der Waals surface area contributed by atoms with Crippen molar-refractivity contribution in [1.29, 1.82) is 0 Å². The molecule has 7 aromatic carbocycles. The molecule has 0 aliphatic heterocycles. The van der Waals surface area contributed by atoms with E-state index >= 15 is 0 Å². The fraction of sp³-hybridized carbons (Fsp3) is 0.0698. The molecule has 0 aliphatic rings. The van der Waals surface area contributed by atoms with Gasteiger partial charge in [0.05, 0.1) is 39.0 Å². The summed E-state index contributed by atoms with van der Waals surface area (Å²) in [4.78, 5) is -2.23. The topological polar surface area (TPSA) is 294 Å². The summed E-state index contributed by atoms with van der Waals surface area (Å²) in [5, 5.41) is 48.4. The van der Waals surface area contributed by atoms with Gasteiger partial charge in [-0.1, -0.05) is 18.2 Å². The van der Waals surface area contributed by atoms with Gasteiger partial charge in [0.15, 0.2) is 5.75 Å². The van der Waals surface area contributed by atoms with E-state index in [2.05, 4.69) is 46.2 Å². The van der Waals surface area contributed by atoms with Crippen LogP contribution in [0.25, 0.3) is 10.8 Å². The zero-order valence-corrected chi connectivity index (χ0v) is 36.6. The van der Waals surface area contributed by atoms with Crippen LogP contribution in [-0.4, -0.2) is 44.0 Å². The molecule has 0 heterocycles. The molecule has 0 saturated carbocycles. The second kappa shape index (κ2) is 18.3. The van der Waals surface area contributed by atoms with E-state index in [1.165, 1.54) is 18.2 Å². The zero-order valence-electron chi connectivity index (χ0n) is 34.2. The number of fused-ring (bicyclic) bond motifs is 1. The number of aryl methyl sites for hydroxylation is 3. The third-order valence-corrected chi connectivity index (χ3v) is 12.1. The van der Waals surface area contributed by atoms with Gasteiger partial charge in [0.25, 0.3) is 30.4 Å². The van der Waals surface area contributed by atoms with Crippen LogP contribution >= 0.6 is 0 Å². The van der Waals surface area contributed by atoms with Gasteiger partial charge in [-0.05, 0) is 152 Å². The minimum atomic E-state index is -4.91. The van der Waals surface area contributed by atoms with Gasteiger partial charge in [-0.15, -0.1) is 10.2 Å². The number of phenols is 1. The third kappa shape index (κ3) is 11.0. The number of benzene rings is 7. The highest BCUT2D eigenvalue weighted by Gasteiger charge is 2.23. The first-order valence-electron chi connectivity index (χ1n) is 18.9. The molecule has 0 bridgehead atoms. The van der Waals surface area contributed by atoms with Crippen molar-refractivity contribution < 1.29 is 44.0 Å². The summed E-state index contributed by atoms with van der Waals surface area (Å²) in [6.45, 7) is 5.35. The number of hydrogen-bond acceptors (Lipinski definition) is 16. The summed E-state index contributed by atoms with van der Waals surface area (Å²) < 4.78 is 100. The molecule has 22 heteroatoms. The van der Waals surface area contributed by atoms with E-state index in [0.717, 1.165) is 23.4 Å². The van der Waals surface area contributed by atoms with E-state index in [1.807, 2.05) is 37.3 Å². The molecular formula is C43H35N9O10S3. The predicted molar refractivity (Wildman–Crippen MR) is 241 cm³/mol. The van der Waals surface area contributed by atoms with Crippen molar-refractivity contribution in [2.75, 3.05) is 5.32 Å². The van der Waals surface area contributed by atoms with Crippen molar-refractivity contribution in [1.82, 2.24) is 0 Å². The Bertz CT molecular complexity index is 3480. The van der Waals surface area contributed by atoms with Crippen molar-refractivity contribution in [2.24, 2.45) is 40.9 Å². The Morgan fingerprint density at radius 3 is 1.54 bits per heavy atom. The van der Waals surface area contributed by atoms with Crippen molar-refractivity contribution in [3.63, 3.8) is 0 Å². The van der Waals surface area contributed by atoms with Crippen molar-refractivity contribution in [3.05, 3.63) is 144 Å². The number of azo groups is 4. The lowest BCUT2D eigenvalue weighted by molar-refractivity contribution is 0.472. The number of anilines is 2. The molecule has 0 aromatic heterocycles. The van der Waals surface area contributed by atoms with Crippen LogP contribution in [0.15, 0.2) is 183 Å². The fourth-order valence-corrected chi connectivity index (χ4v) is 8.08. The maximum absolute atomic E-state index is 12.5. The van der Waals surface area contributed by atoms with Gasteiger partial charge in [0.2, 0.25) is 0 Å². The Hall–Kier alpha value is -7.47. The number of para-hydroxylation sites is 1. The lowest BCUT2D eigenvalue weighted by Crippen LogP contribution is -2.03. The summed E-state index contributed by atoms with van der Waals surface area (Å²) in [6.07, 6.45) is 0. The SMILES string of the molecule is Cc1cc(N=Nc2cc(C)c(N=Nc3c(S(=O)(=O)O)cc4cc(Nc5ccccc5)ccc4c3O)cc2C)ccc1N=Nc1ccc(N=Nc2ccc(S(=O)(=O)O)cc2S(=O)(=O)O)cc1. The second-order valence-electron chi connectivity index (χ2n) is 14.3. The summed E-state index contributed by atoms with van der Waals surface area (Å²) in [5.74, 6) is -0.474. The molecule has 0 amide bonds. The molecule has 7 rings (SSSR count). The van der Waals surface area contributed by atoms with Gasteiger partial charge >= 0.3 is 0 Å². The Balaban J connectivity index is 1.03. The van der Waals surface area contributed by atoms with Gasteiger partial charge in [0.1, 0.15) is 21.2 Å². The van der Waals surface area contributed by atoms with Gasteiger partial charge in [-0.2, -0.15) is 55.9 Å². The molecule has 5 N–H and O–H groups in total. The highest BCUT2D eigenvalue weighted by Crippen LogP contribution is 2.43. The van der Waals surface area contributed by atoms with Gasteiger partial charge in [0, 0.05) is 16.8 Å². The molecule has 0 unspecified atom stereocenters.